The van der Waals surface area contributed by atoms with Crippen molar-refractivity contribution in [1.82, 2.24) is 0 Å². The van der Waals surface area contributed by atoms with Gasteiger partial charge in [-0.05, 0) is 12.5 Å². The van der Waals surface area contributed by atoms with E-state index < -0.39 is 0 Å². The van der Waals surface area contributed by atoms with Crippen LogP contribution in [0.2, 0.25) is 0 Å². The van der Waals surface area contributed by atoms with Gasteiger partial charge in [-0.15, -0.1) is 0 Å². The fourth-order valence-corrected chi connectivity index (χ4v) is 1.25. The average molecular weight is 180 g/mol. The SMILES string of the molecule is C[C@@H]([C@H](O)c1ccccc1)[NH+](C)C. The molecule has 0 aromatic heterocycles. The molecule has 1 rings (SSSR count). The molecule has 0 bridgehead atoms. The maximum absolute atomic E-state index is 9.94. The number of benzene rings is 1. The molecule has 0 saturated carbocycles. The van der Waals surface area contributed by atoms with Gasteiger partial charge in [-0.2, -0.15) is 0 Å². The Balaban J connectivity index is 2.73. The predicted molar refractivity (Wildman–Crippen MR) is 53.7 cm³/mol. The monoisotopic (exact) mass is 180 g/mol. The van der Waals surface area contributed by atoms with Crippen molar-refractivity contribution in [3.8, 4) is 0 Å². The number of hydrogen-bond acceptors (Lipinski definition) is 1. The molecule has 0 spiro atoms. The zero-order valence-electron chi connectivity index (χ0n) is 8.49. The quantitative estimate of drug-likeness (QED) is 0.685. The second-order valence-corrected chi connectivity index (χ2v) is 3.72. The van der Waals surface area contributed by atoms with E-state index in [0.29, 0.717) is 0 Å². The minimum absolute atomic E-state index is 0.224. The second kappa shape index (κ2) is 4.40. The highest BCUT2D eigenvalue weighted by Gasteiger charge is 2.20. The number of aliphatic hydroxyl groups excluding tert-OH is 1. The van der Waals surface area contributed by atoms with Crippen LogP contribution in [0.25, 0.3) is 0 Å². The molecule has 0 radical (unpaired) electrons. The van der Waals surface area contributed by atoms with Gasteiger partial charge in [-0.1, -0.05) is 30.3 Å². The van der Waals surface area contributed by atoms with Crippen LogP contribution in [-0.4, -0.2) is 25.2 Å². The predicted octanol–water partition coefficient (Wildman–Crippen LogP) is 0.253. The lowest BCUT2D eigenvalue weighted by molar-refractivity contribution is -0.888. The van der Waals surface area contributed by atoms with Gasteiger partial charge in [-0.3, -0.25) is 0 Å². The van der Waals surface area contributed by atoms with E-state index in [2.05, 4.69) is 14.1 Å². The van der Waals surface area contributed by atoms with Gasteiger partial charge in [0.15, 0.2) is 0 Å². The smallest absolute Gasteiger partial charge is 0.130 e. The van der Waals surface area contributed by atoms with Gasteiger partial charge < -0.3 is 10.0 Å². The highest BCUT2D eigenvalue weighted by atomic mass is 16.3. The first-order chi connectivity index (χ1) is 6.13. The Morgan fingerprint density at radius 3 is 2.15 bits per heavy atom. The molecule has 0 fully saturated rings. The Morgan fingerprint density at radius 2 is 1.69 bits per heavy atom. The molecule has 2 heteroatoms. The second-order valence-electron chi connectivity index (χ2n) is 3.72. The first-order valence-corrected chi connectivity index (χ1v) is 4.66. The van der Waals surface area contributed by atoms with Gasteiger partial charge in [-0.25, -0.2) is 0 Å². The molecule has 0 heterocycles. The maximum Gasteiger partial charge on any atom is 0.130 e. The van der Waals surface area contributed by atoms with Crippen LogP contribution in [0.5, 0.6) is 0 Å². The third kappa shape index (κ3) is 2.54. The zero-order valence-corrected chi connectivity index (χ0v) is 8.49. The van der Waals surface area contributed by atoms with Crippen LogP contribution < -0.4 is 4.90 Å². The van der Waals surface area contributed by atoms with Gasteiger partial charge in [0.2, 0.25) is 0 Å². The lowest BCUT2D eigenvalue weighted by Gasteiger charge is -2.22. The number of rotatable bonds is 3. The average Bonchev–Trinajstić information content (AvgIpc) is 2.17. The van der Waals surface area contributed by atoms with E-state index in [4.69, 9.17) is 0 Å². The molecular weight excluding hydrogens is 162 g/mol. The van der Waals surface area contributed by atoms with Crippen molar-refractivity contribution in [3.05, 3.63) is 35.9 Å². The van der Waals surface area contributed by atoms with Crippen molar-refractivity contribution in [2.45, 2.75) is 19.1 Å². The molecule has 2 nitrogen and oxygen atoms in total. The third-order valence-corrected chi connectivity index (χ3v) is 2.53. The number of hydrogen-bond donors (Lipinski definition) is 2. The summed E-state index contributed by atoms with van der Waals surface area (Å²) in [5, 5.41) is 9.94. The summed E-state index contributed by atoms with van der Waals surface area (Å²) in [6.45, 7) is 2.05. The van der Waals surface area contributed by atoms with Gasteiger partial charge in [0.25, 0.3) is 0 Å². The van der Waals surface area contributed by atoms with E-state index in [-0.39, 0.29) is 12.1 Å². The summed E-state index contributed by atoms with van der Waals surface area (Å²) in [5.41, 5.74) is 0.996. The normalized spacial score (nSPS) is 15.8. The van der Waals surface area contributed by atoms with E-state index >= 15 is 0 Å². The molecule has 1 aromatic carbocycles. The van der Waals surface area contributed by atoms with Crippen LogP contribution in [0, 0.1) is 0 Å². The van der Waals surface area contributed by atoms with E-state index in [0.717, 1.165) is 5.56 Å². The van der Waals surface area contributed by atoms with Gasteiger partial charge >= 0.3 is 0 Å². The standard InChI is InChI=1S/C11H17NO/c1-9(12(2)3)11(13)10-7-5-4-6-8-10/h4-9,11,13H,1-3H3/p+1/t9-,11-/m0/s1. The van der Waals surface area contributed by atoms with Crippen LogP contribution in [0.3, 0.4) is 0 Å². The largest absolute Gasteiger partial charge is 0.382 e. The lowest BCUT2D eigenvalue weighted by Crippen LogP contribution is -3.10. The summed E-state index contributed by atoms with van der Waals surface area (Å²) in [6, 6.07) is 10.0. The fourth-order valence-electron chi connectivity index (χ4n) is 1.25. The number of nitrogens with one attached hydrogen (secondary N) is 1. The van der Waals surface area contributed by atoms with E-state index in [1.54, 1.807) is 0 Å². The summed E-state index contributed by atoms with van der Waals surface area (Å²) in [7, 11) is 4.10. The first kappa shape index (κ1) is 10.2. The molecule has 0 amide bonds. The van der Waals surface area contributed by atoms with Crippen molar-refractivity contribution >= 4 is 0 Å². The molecule has 13 heavy (non-hydrogen) atoms. The highest BCUT2D eigenvalue weighted by molar-refractivity contribution is 5.17. The van der Waals surface area contributed by atoms with E-state index in [1.165, 1.54) is 4.90 Å². The number of quaternary nitrogens is 1. The van der Waals surface area contributed by atoms with E-state index in [1.807, 2.05) is 37.3 Å². The molecule has 0 aliphatic carbocycles. The van der Waals surface area contributed by atoms with Crippen LogP contribution in [0.1, 0.15) is 18.6 Å². The summed E-state index contributed by atoms with van der Waals surface area (Å²) in [4.78, 5) is 1.26. The molecule has 1 aromatic rings. The van der Waals surface area contributed by atoms with Crippen LogP contribution in [0.4, 0.5) is 0 Å². The molecule has 0 aliphatic heterocycles. The molecule has 0 saturated heterocycles. The number of aliphatic hydroxyl groups is 1. The minimum Gasteiger partial charge on any atom is -0.382 e. The Hall–Kier alpha value is -0.860. The summed E-state index contributed by atoms with van der Waals surface area (Å²) >= 11 is 0. The van der Waals surface area contributed by atoms with Crippen molar-refractivity contribution in [3.63, 3.8) is 0 Å². The minimum atomic E-state index is -0.369. The lowest BCUT2D eigenvalue weighted by atomic mass is 10.0. The van der Waals surface area contributed by atoms with Crippen LogP contribution >= 0.6 is 0 Å². The first-order valence-electron chi connectivity index (χ1n) is 4.66. The third-order valence-electron chi connectivity index (χ3n) is 2.53. The van der Waals surface area contributed by atoms with Crippen molar-refractivity contribution in [1.29, 1.82) is 0 Å². The van der Waals surface area contributed by atoms with Gasteiger partial charge in [0.1, 0.15) is 12.1 Å². The van der Waals surface area contributed by atoms with Crippen LogP contribution in [0.15, 0.2) is 30.3 Å². The summed E-state index contributed by atoms with van der Waals surface area (Å²) < 4.78 is 0. The van der Waals surface area contributed by atoms with Crippen LogP contribution in [-0.2, 0) is 0 Å². The molecule has 2 atom stereocenters. The highest BCUT2D eigenvalue weighted by Crippen LogP contribution is 2.13. The summed E-state index contributed by atoms with van der Waals surface area (Å²) in [6.07, 6.45) is -0.369. The number of likely N-dealkylation sites (N-methyl/N-ethyl adjacent to an activating group) is 1. The Bertz CT molecular complexity index is 246. The fraction of sp³-hybridized carbons (Fsp3) is 0.455. The Kier molecular flexibility index (Phi) is 3.46. The Labute approximate surface area is 79.8 Å². The molecule has 0 unspecified atom stereocenters. The molecule has 72 valence electrons. The molecule has 0 aliphatic rings. The van der Waals surface area contributed by atoms with Gasteiger partial charge in [0, 0.05) is 0 Å². The molecular formula is C11H18NO+. The molecule has 2 N–H and O–H groups in total. The Morgan fingerprint density at radius 1 is 1.15 bits per heavy atom. The van der Waals surface area contributed by atoms with Crippen molar-refractivity contribution in [2.75, 3.05) is 14.1 Å². The topological polar surface area (TPSA) is 24.7 Å². The maximum atomic E-state index is 9.94. The zero-order chi connectivity index (χ0) is 9.84. The van der Waals surface area contributed by atoms with E-state index in [9.17, 15) is 5.11 Å². The van der Waals surface area contributed by atoms with Crippen molar-refractivity contribution in [2.24, 2.45) is 0 Å². The van der Waals surface area contributed by atoms with Crippen molar-refractivity contribution < 1.29 is 10.0 Å². The van der Waals surface area contributed by atoms with Gasteiger partial charge in [0.05, 0.1) is 14.1 Å². The summed E-state index contributed by atoms with van der Waals surface area (Å²) in [5.74, 6) is 0.